The quantitative estimate of drug-likeness (QED) is 0.632. The second-order valence-corrected chi connectivity index (χ2v) is 6.98. The molecule has 3 amide bonds. The Morgan fingerprint density at radius 3 is 2.25 bits per heavy atom. The maximum Gasteiger partial charge on any atom is 0.235 e. The number of benzene rings is 1. The van der Waals surface area contributed by atoms with E-state index in [0.717, 1.165) is 17.7 Å². The van der Waals surface area contributed by atoms with Crippen molar-refractivity contribution in [3.8, 4) is 0 Å². The average molecular weight is 324 g/mol. The first kappa shape index (κ1) is 15.1. The molecule has 0 aromatic heterocycles. The minimum Gasteiger partial charge on any atom is -0.294 e. The van der Waals surface area contributed by atoms with Crippen LogP contribution in [0.4, 0.5) is 5.69 Å². The van der Waals surface area contributed by atoms with Crippen LogP contribution in [0, 0.1) is 30.6 Å². The number of likely N-dealkylation sites (tertiary alicyclic amines) is 1. The summed E-state index contributed by atoms with van der Waals surface area (Å²) in [5.74, 6) is -0.501. The van der Waals surface area contributed by atoms with Gasteiger partial charge < -0.3 is 0 Å². The molecule has 0 radical (unpaired) electrons. The van der Waals surface area contributed by atoms with Crippen molar-refractivity contribution in [2.24, 2.45) is 23.7 Å². The van der Waals surface area contributed by atoms with E-state index in [9.17, 15) is 14.4 Å². The molecule has 24 heavy (non-hydrogen) atoms. The lowest BCUT2D eigenvalue weighted by molar-refractivity contribution is -0.140. The number of hydrogen-bond acceptors (Lipinski definition) is 3. The van der Waals surface area contributed by atoms with Crippen molar-refractivity contribution in [2.75, 3.05) is 11.6 Å². The van der Waals surface area contributed by atoms with Crippen molar-refractivity contribution in [3.05, 3.63) is 42.0 Å². The highest BCUT2D eigenvalue weighted by Gasteiger charge is 2.59. The SMILES string of the molecule is CC(=O)N(CN1C(=O)[C@@H]2[C@H](C1=O)[C@H]1C=C[C@@H]2C1)c1ccccc1C. The van der Waals surface area contributed by atoms with E-state index in [4.69, 9.17) is 0 Å². The molecule has 4 atom stereocenters. The molecule has 1 aromatic carbocycles. The van der Waals surface area contributed by atoms with Gasteiger partial charge in [-0.15, -0.1) is 0 Å². The molecule has 124 valence electrons. The van der Waals surface area contributed by atoms with Gasteiger partial charge in [-0.3, -0.25) is 24.2 Å². The van der Waals surface area contributed by atoms with E-state index in [-0.39, 0.29) is 48.1 Å². The van der Waals surface area contributed by atoms with Crippen molar-refractivity contribution in [2.45, 2.75) is 20.3 Å². The van der Waals surface area contributed by atoms with E-state index < -0.39 is 0 Å². The number of carbonyl (C=O) groups excluding carboxylic acids is 3. The number of imide groups is 1. The molecule has 0 spiro atoms. The first-order valence-corrected chi connectivity index (χ1v) is 8.36. The number of para-hydroxylation sites is 1. The highest BCUT2D eigenvalue weighted by molar-refractivity contribution is 6.07. The zero-order valence-corrected chi connectivity index (χ0v) is 13.8. The van der Waals surface area contributed by atoms with E-state index in [2.05, 4.69) is 12.2 Å². The molecular formula is C19H20N2O3. The number of anilines is 1. The van der Waals surface area contributed by atoms with Crippen molar-refractivity contribution < 1.29 is 14.4 Å². The van der Waals surface area contributed by atoms with Gasteiger partial charge in [-0.1, -0.05) is 30.4 Å². The standard InChI is InChI=1S/C19H20N2O3/c1-11-5-3-4-6-15(11)20(12(2)22)10-21-18(23)16-13-7-8-14(9-13)17(16)19(21)24/h3-8,13-14,16-17H,9-10H2,1-2H3/t13-,14+,16+,17-. The molecule has 1 heterocycles. The van der Waals surface area contributed by atoms with Crippen LogP contribution in [0.15, 0.2) is 36.4 Å². The number of aryl methyl sites for hydroxylation is 1. The summed E-state index contributed by atoms with van der Waals surface area (Å²) in [6.45, 7) is 3.38. The molecule has 1 aromatic rings. The molecule has 1 saturated heterocycles. The van der Waals surface area contributed by atoms with Gasteiger partial charge in [-0.05, 0) is 36.8 Å². The number of allylic oxidation sites excluding steroid dienone is 2. The lowest BCUT2D eigenvalue weighted by Gasteiger charge is -2.28. The van der Waals surface area contributed by atoms with Crippen LogP contribution in [-0.4, -0.2) is 29.3 Å². The first-order valence-electron chi connectivity index (χ1n) is 8.36. The number of amides is 3. The maximum absolute atomic E-state index is 12.8. The van der Waals surface area contributed by atoms with Gasteiger partial charge in [0, 0.05) is 12.6 Å². The van der Waals surface area contributed by atoms with Crippen LogP contribution in [0.1, 0.15) is 18.9 Å². The van der Waals surface area contributed by atoms with E-state index in [0.29, 0.717) is 0 Å². The lowest BCUT2D eigenvalue weighted by atomic mass is 9.85. The van der Waals surface area contributed by atoms with Gasteiger partial charge in [0.05, 0.1) is 11.8 Å². The van der Waals surface area contributed by atoms with Gasteiger partial charge in [0.2, 0.25) is 17.7 Å². The Bertz CT molecular complexity index is 740. The summed E-state index contributed by atoms with van der Waals surface area (Å²) in [6.07, 6.45) is 5.06. The fraction of sp³-hybridized carbons (Fsp3) is 0.421. The minimum atomic E-state index is -0.224. The smallest absolute Gasteiger partial charge is 0.235 e. The Kier molecular flexibility index (Phi) is 3.34. The zero-order valence-electron chi connectivity index (χ0n) is 13.8. The molecule has 0 N–H and O–H groups in total. The topological polar surface area (TPSA) is 57.7 Å². The molecule has 4 rings (SSSR count). The first-order chi connectivity index (χ1) is 11.5. The fourth-order valence-corrected chi connectivity index (χ4v) is 4.46. The summed E-state index contributed by atoms with van der Waals surface area (Å²) in [4.78, 5) is 40.5. The molecule has 5 nitrogen and oxygen atoms in total. The van der Waals surface area contributed by atoms with Gasteiger partial charge in [0.1, 0.15) is 6.67 Å². The Hall–Kier alpha value is -2.43. The predicted octanol–water partition coefficient (Wildman–Crippen LogP) is 2.11. The number of rotatable bonds is 3. The zero-order chi connectivity index (χ0) is 17.0. The monoisotopic (exact) mass is 324 g/mol. The second-order valence-electron chi connectivity index (χ2n) is 6.98. The van der Waals surface area contributed by atoms with Gasteiger partial charge in [-0.2, -0.15) is 0 Å². The number of nitrogens with zero attached hydrogens (tertiary/aromatic N) is 2. The molecule has 5 heteroatoms. The molecule has 2 bridgehead atoms. The second kappa shape index (κ2) is 5.30. The third-order valence-electron chi connectivity index (χ3n) is 5.63. The Morgan fingerprint density at radius 2 is 1.71 bits per heavy atom. The third-order valence-corrected chi connectivity index (χ3v) is 5.63. The Morgan fingerprint density at radius 1 is 1.12 bits per heavy atom. The normalized spacial score (nSPS) is 30.2. The van der Waals surface area contributed by atoms with Gasteiger partial charge in [0.25, 0.3) is 0 Å². The average Bonchev–Trinajstić information content (AvgIpc) is 3.22. The van der Waals surface area contributed by atoms with Crippen molar-refractivity contribution >= 4 is 23.4 Å². The summed E-state index contributed by atoms with van der Waals surface area (Å²) in [7, 11) is 0. The lowest BCUT2D eigenvalue weighted by Crippen LogP contribution is -2.45. The van der Waals surface area contributed by atoms with Crippen LogP contribution < -0.4 is 4.90 Å². The Balaban J connectivity index is 1.62. The predicted molar refractivity (Wildman–Crippen MR) is 88.8 cm³/mol. The van der Waals surface area contributed by atoms with E-state index >= 15 is 0 Å². The molecule has 2 fully saturated rings. The van der Waals surface area contributed by atoms with Gasteiger partial charge in [-0.25, -0.2) is 0 Å². The van der Waals surface area contributed by atoms with Crippen LogP contribution in [0.5, 0.6) is 0 Å². The highest BCUT2D eigenvalue weighted by Crippen LogP contribution is 2.52. The van der Waals surface area contributed by atoms with E-state index in [1.165, 1.54) is 16.7 Å². The molecular weight excluding hydrogens is 304 g/mol. The Labute approximate surface area is 140 Å². The van der Waals surface area contributed by atoms with Crippen molar-refractivity contribution in [3.63, 3.8) is 0 Å². The van der Waals surface area contributed by atoms with Crippen molar-refractivity contribution in [1.82, 2.24) is 4.90 Å². The van der Waals surface area contributed by atoms with Gasteiger partial charge >= 0.3 is 0 Å². The van der Waals surface area contributed by atoms with Gasteiger partial charge in [0.15, 0.2) is 0 Å². The molecule has 2 aliphatic carbocycles. The summed E-state index contributed by atoms with van der Waals surface area (Å²) in [5, 5.41) is 0. The summed E-state index contributed by atoms with van der Waals surface area (Å²) < 4.78 is 0. The molecule has 1 aliphatic heterocycles. The molecule has 3 aliphatic rings. The minimum absolute atomic E-state index is 0.00426. The van der Waals surface area contributed by atoms with Crippen LogP contribution in [0.2, 0.25) is 0 Å². The maximum atomic E-state index is 12.8. The largest absolute Gasteiger partial charge is 0.294 e. The van der Waals surface area contributed by atoms with Crippen LogP contribution >= 0.6 is 0 Å². The van der Waals surface area contributed by atoms with E-state index in [1.807, 2.05) is 31.2 Å². The fourth-order valence-electron chi connectivity index (χ4n) is 4.46. The highest BCUT2D eigenvalue weighted by atomic mass is 16.2. The van der Waals surface area contributed by atoms with Crippen LogP contribution in [0.25, 0.3) is 0 Å². The third kappa shape index (κ3) is 2.04. The summed E-state index contributed by atoms with van der Waals surface area (Å²) in [5.41, 5.74) is 1.68. The van der Waals surface area contributed by atoms with Crippen LogP contribution in [0.3, 0.4) is 0 Å². The number of fused-ring (bicyclic) bond motifs is 5. The molecule has 0 unspecified atom stereocenters. The number of carbonyl (C=O) groups is 3. The molecule has 1 saturated carbocycles. The van der Waals surface area contributed by atoms with E-state index in [1.54, 1.807) is 0 Å². The summed E-state index contributed by atoms with van der Waals surface area (Å²) in [6, 6.07) is 7.51. The summed E-state index contributed by atoms with van der Waals surface area (Å²) >= 11 is 0. The van der Waals surface area contributed by atoms with Crippen LogP contribution in [-0.2, 0) is 14.4 Å². The van der Waals surface area contributed by atoms with Crippen molar-refractivity contribution in [1.29, 1.82) is 0 Å². The number of hydrogen-bond donors (Lipinski definition) is 0.